The molecule has 96 valence electrons. The second-order valence-corrected chi connectivity index (χ2v) is 5.20. The quantitative estimate of drug-likeness (QED) is 0.597. The van der Waals surface area contributed by atoms with E-state index in [-0.39, 0.29) is 11.6 Å². The van der Waals surface area contributed by atoms with Gasteiger partial charge in [-0.3, -0.25) is 0 Å². The summed E-state index contributed by atoms with van der Waals surface area (Å²) in [5.41, 5.74) is 1.68. The number of benzene rings is 1. The molecule has 1 aliphatic heterocycles. The molecular formula is C16H20O2. The van der Waals surface area contributed by atoms with Crippen LogP contribution in [0.15, 0.2) is 42.0 Å². The molecule has 1 aromatic rings. The van der Waals surface area contributed by atoms with Crippen LogP contribution in [0.4, 0.5) is 0 Å². The first-order chi connectivity index (χ1) is 8.63. The van der Waals surface area contributed by atoms with E-state index in [0.29, 0.717) is 0 Å². The van der Waals surface area contributed by atoms with Crippen LogP contribution in [0.2, 0.25) is 0 Å². The number of hydrogen-bond donors (Lipinski definition) is 0. The predicted octanol–water partition coefficient (Wildman–Crippen LogP) is 3.66. The number of esters is 1. The van der Waals surface area contributed by atoms with Crippen LogP contribution in [-0.2, 0) is 16.0 Å². The van der Waals surface area contributed by atoms with Gasteiger partial charge in [0, 0.05) is 18.4 Å². The van der Waals surface area contributed by atoms with Crippen LogP contribution in [0.25, 0.3) is 0 Å². The SMILES string of the molecule is CCC/C=C1\CC(C)(Cc2ccccc2)OC1=O. The van der Waals surface area contributed by atoms with E-state index in [1.54, 1.807) is 0 Å². The van der Waals surface area contributed by atoms with E-state index in [4.69, 9.17) is 4.74 Å². The Morgan fingerprint density at radius 1 is 1.33 bits per heavy atom. The molecule has 1 saturated heterocycles. The number of rotatable bonds is 4. The first-order valence-electron chi connectivity index (χ1n) is 6.59. The van der Waals surface area contributed by atoms with Crippen LogP contribution in [0.5, 0.6) is 0 Å². The van der Waals surface area contributed by atoms with E-state index in [0.717, 1.165) is 31.3 Å². The van der Waals surface area contributed by atoms with Crippen LogP contribution in [0, 0.1) is 0 Å². The monoisotopic (exact) mass is 244 g/mol. The summed E-state index contributed by atoms with van der Waals surface area (Å²) >= 11 is 0. The van der Waals surface area contributed by atoms with Crippen molar-refractivity contribution in [3.8, 4) is 0 Å². The third-order valence-electron chi connectivity index (χ3n) is 3.27. The Balaban J connectivity index is 2.08. The zero-order valence-corrected chi connectivity index (χ0v) is 11.1. The van der Waals surface area contributed by atoms with Gasteiger partial charge in [0.05, 0.1) is 0 Å². The Kier molecular flexibility index (Phi) is 3.85. The molecule has 0 saturated carbocycles. The Bertz CT molecular complexity index is 447. The number of unbranched alkanes of at least 4 members (excludes halogenated alkanes) is 1. The normalized spacial score (nSPS) is 25.4. The van der Waals surface area contributed by atoms with Gasteiger partial charge in [-0.25, -0.2) is 4.79 Å². The van der Waals surface area contributed by atoms with Gasteiger partial charge in [0.2, 0.25) is 0 Å². The second-order valence-electron chi connectivity index (χ2n) is 5.20. The Hall–Kier alpha value is -1.57. The van der Waals surface area contributed by atoms with Gasteiger partial charge in [0.25, 0.3) is 0 Å². The van der Waals surface area contributed by atoms with Crippen LogP contribution < -0.4 is 0 Å². The van der Waals surface area contributed by atoms with Crippen molar-refractivity contribution in [3.63, 3.8) is 0 Å². The lowest BCUT2D eigenvalue weighted by molar-refractivity contribution is -0.144. The second kappa shape index (κ2) is 5.38. The highest BCUT2D eigenvalue weighted by Crippen LogP contribution is 2.33. The molecule has 2 nitrogen and oxygen atoms in total. The van der Waals surface area contributed by atoms with Gasteiger partial charge in [0.1, 0.15) is 5.60 Å². The summed E-state index contributed by atoms with van der Waals surface area (Å²) in [5.74, 6) is -0.137. The number of cyclic esters (lactones) is 1. The molecule has 1 unspecified atom stereocenters. The van der Waals surface area contributed by atoms with Gasteiger partial charge < -0.3 is 4.74 Å². The minimum Gasteiger partial charge on any atom is -0.455 e. The smallest absolute Gasteiger partial charge is 0.334 e. The van der Waals surface area contributed by atoms with E-state index < -0.39 is 0 Å². The van der Waals surface area contributed by atoms with Crippen molar-refractivity contribution in [3.05, 3.63) is 47.5 Å². The van der Waals surface area contributed by atoms with Crippen LogP contribution in [0.3, 0.4) is 0 Å². The minimum atomic E-state index is -0.377. The van der Waals surface area contributed by atoms with Crippen molar-refractivity contribution in [2.45, 2.75) is 45.1 Å². The Labute approximate surface area is 109 Å². The highest BCUT2D eigenvalue weighted by atomic mass is 16.6. The summed E-state index contributed by atoms with van der Waals surface area (Å²) in [6.07, 6.45) is 5.54. The van der Waals surface area contributed by atoms with Crippen LogP contribution in [0.1, 0.15) is 38.7 Å². The van der Waals surface area contributed by atoms with Gasteiger partial charge in [-0.05, 0) is 18.9 Å². The molecule has 1 aromatic carbocycles. The number of carbonyl (C=O) groups is 1. The average molecular weight is 244 g/mol. The van der Waals surface area contributed by atoms with E-state index in [9.17, 15) is 4.79 Å². The van der Waals surface area contributed by atoms with Crippen LogP contribution >= 0.6 is 0 Å². The fourth-order valence-electron chi connectivity index (χ4n) is 2.40. The maximum Gasteiger partial charge on any atom is 0.334 e. The average Bonchev–Trinajstić information content (AvgIpc) is 2.62. The van der Waals surface area contributed by atoms with Crippen molar-refractivity contribution < 1.29 is 9.53 Å². The van der Waals surface area contributed by atoms with Gasteiger partial charge in [0.15, 0.2) is 0 Å². The zero-order chi connectivity index (χ0) is 13.0. The molecule has 0 radical (unpaired) electrons. The Morgan fingerprint density at radius 2 is 2.06 bits per heavy atom. The number of allylic oxidation sites excluding steroid dienone is 1. The summed E-state index contributed by atoms with van der Waals surface area (Å²) in [6, 6.07) is 10.2. The molecule has 0 amide bonds. The first-order valence-corrected chi connectivity index (χ1v) is 6.59. The van der Waals surface area contributed by atoms with Crippen molar-refractivity contribution in [2.75, 3.05) is 0 Å². The molecule has 0 aliphatic carbocycles. The van der Waals surface area contributed by atoms with Gasteiger partial charge in [-0.2, -0.15) is 0 Å². The predicted molar refractivity (Wildman–Crippen MR) is 72.3 cm³/mol. The third-order valence-corrected chi connectivity index (χ3v) is 3.27. The first kappa shape index (κ1) is 12.9. The topological polar surface area (TPSA) is 26.3 Å². The van der Waals surface area contributed by atoms with E-state index in [1.807, 2.05) is 31.2 Å². The van der Waals surface area contributed by atoms with Crippen LogP contribution in [-0.4, -0.2) is 11.6 Å². The lowest BCUT2D eigenvalue weighted by atomic mass is 9.92. The van der Waals surface area contributed by atoms with E-state index >= 15 is 0 Å². The Morgan fingerprint density at radius 3 is 2.72 bits per heavy atom. The molecule has 1 heterocycles. The van der Waals surface area contributed by atoms with E-state index in [2.05, 4.69) is 19.1 Å². The molecule has 0 bridgehead atoms. The van der Waals surface area contributed by atoms with Gasteiger partial charge in [-0.15, -0.1) is 0 Å². The van der Waals surface area contributed by atoms with Crippen molar-refractivity contribution in [1.82, 2.24) is 0 Å². The number of carbonyl (C=O) groups excluding carboxylic acids is 1. The summed E-state index contributed by atoms with van der Waals surface area (Å²) in [5, 5.41) is 0. The largest absolute Gasteiger partial charge is 0.455 e. The van der Waals surface area contributed by atoms with Crippen molar-refractivity contribution in [2.24, 2.45) is 0 Å². The molecule has 1 fully saturated rings. The zero-order valence-electron chi connectivity index (χ0n) is 11.1. The molecule has 0 aromatic heterocycles. The third kappa shape index (κ3) is 3.00. The molecule has 0 N–H and O–H groups in total. The molecule has 1 atom stereocenters. The molecule has 2 heteroatoms. The van der Waals surface area contributed by atoms with E-state index in [1.165, 1.54) is 5.56 Å². The number of hydrogen-bond acceptors (Lipinski definition) is 2. The number of ether oxygens (including phenoxy) is 1. The maximum atomic E-state index is 11.8. The maximum absolute atomic E-state index is 11.8. The van der Waals surface area contributed by atoms with Crippen molar-refractivity contribution >= 4 is 5.97 Å². The highest BCUT2D eigenvalue weighted by molar-refractivity contribution is 5.91. The lowest BCUT2D eigenvalue weighted by Gasteiger charge is -2.21. The fourth-order valence-corrected chi connectivity index (χ4v) is 2.40. The highest BCUT2D eigenvalue weighted by Gasteiger charge is 2.39. The summed E-state index contributed by atoms with van der Waals surface area (Å²) < 4.78 is 5.56. The molecule has 18 heavy (non-hydrogen) atoms. The van der Waals surface area contributed by atoms with Gasteiger partial charge in [-0.1, -0.05) is 49.8 Å². The summed E-state index contributed by atoms with van der Waals surface area (Å²) in [6.45, 7) is 4.13. The standard InChI is InChI=1S/C16H20O2/c1-3-4-10-14-12-16(2,18-15(14)17)11-13-8-6-5-7-9-13/h5-10H,3-4,11-12H2,1-2H3/b14-10+. The molecule has 1 aliphatic rings. The van der Waals surface area contributed by atoms with Gasteiger partial charge >= 0.3 is 5.97 Å². The fraction of sp³-hybridized carbons (Fsp3) is 0.438. The molecular weight excluding hydrogens is 224 g/mol. The van der Waals surface area contributed by atoms with Crippen molar-refractivity contribution in [1.29, 1.82) is 0 Å². The summed E-state index contributed by atoms with van der Waals surface area (Å²) in [7, 11) is 0. The molecule has 0 spiro atoms. The lowest BCUT2D eigenvalue weighted by Crippen LogP contribution is -2.26. The molecule has 2 rings (SSSR count). The summed E-state index contributed by atoms with van der Waals surface area (Å²) in [4.78, 5) is 11.8. The minimum absolute atomic E-state index is 0.137.